The first kappa shape index (κ1) is 13.5. The average molecular weight is 331 g/mol. The smallest absolute Gasteiger partial charge is 0.138 e. The molecule has 1 aromatic carbocycles. The van der Waals surface area contributed by atoms with Crippen molar-refractivity contribution in [1.29, 1.82) is 0 Å². The van der Waals surface area contributed by atoms with Crippen LogP contribution in [0.25, 0.3) is 0 Å². The lowest BCUT2D eigenvalue weighted by Gasteiger charge is -2.17. The van der Waals surface area contributed by atoms with Gasteiger partial charge in [-0.25, -0.2) is 10.2 Å². The van der Waals surface area contributed by atoms with Crippen molar-refractivity contribution in [1.82, 2.24) is 0 Å². The van der Waals surface area contributed by atoms with Crippen LogP contribution in [-0.2, 0) is 5.75 Å². The monoisotopic (exact) mass is 330 g/mol. The molecule has 0 saturated carbocycles. The molecule has 0 bridgehead atoms. The third kappa shape index (κ3) is 2.88. The van der Waals surface area contributed by atoms with Gasteiger partial charge in [0.2, 0.25) is 0 Å². The molecule has 0 aliphatic heterocycles. The molecular formula is C12H12BrFN2OS. The molecule has 0 unspecified atom stereocenters. The van der Waals surface area contributed by atoms with Gasteiger partial charge in [-0.05, 0) is 40.2 Å². The molecular weight excluding hydrogens is 319 g/mol. The van der Waals surface area contributed by atoms with Gasteiger partial charge in [0, 0.05) is 11.9 Å². The molecule has 2 rings (SSSR count). The Balaban J connectivity index is 2.27. The Morgan fingerprint density at radius 2 is 2.22 bits per heavy atom. The number of furan rings is 1. The van der Waals surface area contributed by atoms with Gasteiger partial charge in [0.15, 0.2) is 0 Å². The second-order valence-corrected chi connectivity index (χ2v) is 5.47. The topological polar surface area (TPSA) is 42.4 Å². The molecule has 1 aromatic heterocycles. The van der Waals surface area contributed by atoms with E-state index in [0.29, 0.717) is 10.2 Å². The average Bonchev–Trinajstić information content (AvgIpc) is 2.83. The van der Waals surface area contributed by atoms with Crippen molar-refractivity contribution in [3.63, 3.8) is 0 Å². The number of hydrogen-bond donors (Lipinski definition) is 1. The molecule has 0 atom stereocenters. The quantitative estimate of drug-likeness (QED) is 0.526. The summed E-state index contributed by atoms with van der Waals surface area (Å²) in [7, 11) is 1.72. The van der Waals surface area contributed by atoms with E-state index in [9.17, 15) is 4.39 Å². The summed E-state index contributed by atoms with van der Waals surface area (Å²) in [5.41, 5.74) is 0.764. The molecule has 2 aromatic rings. The van der Waals surface area contributed by atoms with E-state index in [1.54, 1.807) is 19.4 Å². The Kier molecular flexibility index (Phi) is 4.31. The maximum absolute atomic E-state index is 13.5. The predicted molar refractivity (Wildman–Crippen MR) is 75.0 cm³/mol. The number of anilines is 1. The molecule has 1 heterocycles. The fourth-order valence-electron chi connectivity index (χ4n) is 1.47. The van der Waals surface area contributed by atoms with Crippen molar-refractivity contribution in [2.45, 2.75) is 10.6 Å². The Morgan fingerprint density at radius 3 is 2.83 bits per heavy atom. The van der Waals surface area contributed by atoms with Crippen LogP contribution in [0.4, 0.5) is 10.1 Å². The summed E-state index contributed by atoms with van der Waals surface area (Å²) >= 11 is 4.73. The highest BCUT2D eigenvalue weighted by atomic mass is 79.9. The lowest BCUT2D eigenvalue weighted by molar-refractivity contribution is 0.530. The first-order valence-electron chi connectivity index (χ1n) is 5.21. The van der Waals surface area contributed by atoms with Gasteiger partial charge < -0.3 is 9.43 Å². The van der Waals surface area contributed by atoms with Crippen LogP contribution in [0.15, 0.2) is 44.3 Å². The molecule has 0 spiro atoms. The molecule has 0 fully saturated rings. The van der Waals surface area contributed by atoms with Gasteiger partial charge in [-0.2, -0.15) is 0 Å². The van der Waals surface area contributed by atoms with Crippen molar-refractivity contribution < 1.29 is 8.81 Å². The van der Waals surface area contributed by atoms with E-state index < -0.39 is 0 Å². The Bertz CT molecular complexity index is 531. The zero-order chi connectivity index (χ0) is 13.1. The lowest BCUT2D eigenvalue weighted by Crippen LogP contribution is -2.25. The summed E-state index contributed by atoms with van der Waals surface area (Å²) in [6.45, 7) is 0. The van der Waals surface area contributed by atoms with Gasteiger partial charge in [-0.1, -0.05) is 0 Å². The summed E-state index contributed by atoms with van der Waals surface area (Å²) in [6.07, 6.45) is 1.62. The van der Waals surface area contributed by atoms with E-state index >= 15 is 0 Å². The second-order valence-electron chi connectivity index (χ2n) is 3.69. The van der Waals surface area contributed by atoms with Gasteiger partial charge >= 0.3 is 0 Å². The molecule has 0 aliphatic carbocycles. The minimum Gasteiger partial charge on any atom is -0.468 e. The van der Waals surface area contributed by atoms with E-state index in [-0.39, 0.29) is 5.82 Å². The molecule has 0 amide bonds. The maximum Gasteiger partial charge on any atom is 0.138 e. The van der Waals surface area contributed by atoms with Crippen molar-refractivity contribution in [2.24, 2.45) is 5.84 Å². The molecule has 18 heavy (non-hydrogen) atoms. The van der Waals surface area contributed by atoms with Crippen molar-refractivity contribution in [2.75, 3.05) is 12.1 Å². The number of hydrogen-bond acceptors (Lipinski definition) is 4. The Hall–Kier alpha value is -0.980. The molecule has 0 aliphatic rings. The van der Waals surface area contributed by atoms with Gasteiger partial charge in [0.05, 0.1) is 22.2 Å². The van der Waals surface area contributed by atoms with Gasteiger partial charge in [-0.15, -0.1) is 11.8 Å². The van der Waals surface area contributed by atoms with Crippen molar-refractivity contribution >= 4 is 33.4 Å². The number of nitrogens with two attached hydrogens (primary N) is 1. The largest absolute Gasteiger partial charge is 0.468 e. The highest BCUT2D eigenvalue weighted by Gasteiger charge is 2.14. The molecule has 2 N–H and O–H groups in total. The number of hydrazine groups is 1. The second kappa shape index (κ2) is 5.77. The van der Waals surface area contributed by atoms with Crippen LogP contribution in [0.2, 0.25) is 0 Å². The standard InChI is InChI=1S/C12H12BrFN2OS/c1-16(15)10-5-4-9(14)11(13)12(10)18-7-8-3-2-6-17-8/h2-6H,7,15H2,1H3. The molecule has 0 radical (unpaired) electrons. The third-order valence-electron chi connectivity index (χ3n) is 2.35. The maximum atomic E-state index is 13.5. The van der Waals surface area contributed by atoms with E-state index in [2.05, 4.69) is 15.9 Å². The molecule has 0 saturated heterocycles. The minimum atomic E-state index is -0.303. The van der Waals surface area contributed by atoms with Crippen LogP contribution in [0.5, 0.6) is 0 Å². The Labute approximate surface area is 117 Å². The SMILES string of the molecule is CN(N)c1ccc(F)c(Br)c1SCc1ccco1. The fourth-order valence-corrected chi connectivity index (χ4v) is 3.19. The summed E-state index contributed by atoms with van der Waals surface area (Å²) in [4.78, 5) is 0.761. The van der Waals surface area contributed by atoms with E-state index in [0.717, 1.165) is 16.3 Å². The van der Waals surface area contributed by atoms with Gasteiger partial charge in [0.25, 0.3) is 0 Å². The zero-order valence-electron chi connectivity index (χ0n) is 9.69. The summed E-state index contributed by atoms with van der Waals surface area (Å²) < 4.78 is 19.2. The molecule has 3 nitrogen and oxygen atoms in total. The minimum absolute atomic E-state index is 0.303. The van der Waals surface area contributed by atoms with Crippen LogP contribution in [0, 0.1) is 5.82 Å². The van der Waals surface area contributed by atoms with E-state index in [4.69, 9.17) is 10.3 Å². The Morgan fingerprint density at radius 1 is 1.44 bits per heavy atom. The van der Waals surface area contributed by atoms with E-state index in [1.807, 2.05) is 12.1 Å². The molecule has 96 valence electrons. The summed E-state index contributed by atoms with van der Waals surface area (Å²) in [6, 6.07) is 6.75. The number of benzene rings is 1. The summed E-state index contributed by atoms with van der Waals surface area (Å²) in [5.74, 6) is 6.89. The number of halogens is 2. The van der Waals surface area contributed by atoms with Crippen molar-refractivity contribution in [3.05, 3.63) is 46.6 Å². The van der Waals surface area contributed by atoms with Crippen LogP contribution < -0.4 is 10.9 Å². The first-order chi connectivity index (χ1) is 8.59. The highest BCUT2D eigenvalue weighted by molar-refractivity contribution is 9.10. The molecule has 6 heteroatoms. The highest BCUT2D eigenvalue weighted by Crippen LogP contribution is 2.38. The zero-order valence-corrected chi connectivity index (χ0v) is 12.1. The van der Waals surface area contributed by atoms with Gasteiger partial charge in [-0.3, -0.25) is 0 Å². The third-order valence-corrected chi connectivity index (χ3v) is 4.52. The number of nitrogens with zero attached hydrogens (tertiary/aromatic N) is 1. The van der Waals surface area contributed by atoms with Crippen LogP contribution in [-0.4, -0.2) is 7.05 Å². The number of thioether (sulfide) groups is 1. The normalized spacial score (nSPS) is 10.7. The van der Waals surface area contributed by atoms with E-state index in [1.165, 1.54) is 22.8 Å². The lowest BCUT2D eigenvalue weighted by atomic mass is 10.3. The first-order valence-corrected chi connectivity index (χ1v) is 6.99. The van der Waals surface area contributed by atoms with Gasteiger partial charge in [0.1, 0.15) is 11.6 Å². The fraction of sp³-hybridized carbons (Fsp3) is 0.167. The van der Waals surface area contributed by atoms with Crippen LogP contribution in [0.3, 0.4) is 0 Å². The van der Waals surface area contributed by atoms with Crippen LogP contribution in [0.1, 0.15) is 5.76 Å². The predicted octanol–water partition coefficient (Wildman–Crippen LogP) is 3.78. The summed E-state index contributed by atoms with van der Waals surface area (Å²) in [5, 5.41) is 1.47. The van der Waals surface area contributed by atoms with Crippen LogP contribution >= 0.6 is 27.7 Å². The van der Waals surface area contributed by atoms with Crippen molar-refractivity contribution in [3.8, 4) is 0 Å². The number of rotatable bonds is 4.